The first-order valence-corrected chi connectivity index (χ1v) is 4.52. The Morgan fingerprint density at radius 1 is 1.57 bits per heavy atom. The zero-order valence-corrected chi connectivity index (χ0v) is 8.23. The van der Waals surface area contributed by atoms with Gasteiger partial charge in [0.2, 0.25) is 0 Å². The number of aryl methyl sites for hydroxylation is 1. The Hall–Kier alpha value is -1.58. The lowest BCUT2D eigenvalue weighted by molar-refractivity contribution is -0.113. The van der Waals surface area contributed by atoms with Crippen molar-refractivity contribution < 1.29 is 4.79 Å². The second-order valence-corrected chi connectivity index (χ2v) is 3.80. The van der Waals surface area contributed by atoms with Crippen molar-refractivity contribution in [3.63, 3.8) is 0 Å². The van der Waals surface area contributed by atoms with Gasteiger partial charge in [0, 0.05) is 11.8 Å². The summed E-state index contributed by atoms with van der Waals surface area (Å²) in [5.74, 6) is 0. The van der Waals surface area contributed by atoms with Crippen LogP contribution in [0.2, 0.25) is 0 Å². The molecule has 4 heteroatoms. The molecule has 0 aliphatic carbocycles. The minimum Gasteiger partial charge on any atom is -0.300 e. The lowest BCUT2D eigenvalue weighted by atomic mass is 10.0. The van der Waals surface area contributed by atoms with E-state index in [9.17, 15) is 9.59 Å². The molecule has 1 unspecified atom stereocenters. The normalized spacial score (nSPS) is 24.7. The largest absolute Gasteiger partial charge is 0.300 e. The summed E-state index contributed by atoms with van der Waals surface area (Å²) in [4.78, 5) is 22.7. The van der Waals surface area contributed by atoms with Crippen LogP contribution in [0.3, 0.4) is 0 Å². The van der Waals surface area contributed by atoms with Crippen molar-refractivity contribution in [2.75, 3.05) is 0 Å². The number of carbonyl (C=O) groups excluding carboxylic acids is 1. The van der Waals surface area contributed by atoms with Gasteiger partial charge in [0.05, 0.1) is 6.54 Å². The highest BCUT2D eigenvalue weighted by Gasteiger charge is 2.29. The maximum atomic E-state index is 11.7. The molecule has 4 nitrogen and oxygen atoms in total. The molecule has 1 atom stereocenters. The summed E-state index contributed by atoms with van der Waals surface area (Å²) in [5.41, 5.74) is -0.255. The lowest BCUT2D eigenvalue weighted by Gasteiger charge is -2.27. The molecule has 2 heterocycles. The molecule has 0 amide bonds. The first kappa shape index (κ1) is 8.99. The summed E-state index contributed by atoms with van der Waals surface area (Å²) in [6, 6.07) is 0. The molecule has 1 aromatic heterocycles. The molecule has 74 valence electrons. The predicted octanol–water partition coefficient (Wildman–Crippen LogP) is 0.442. The molecule has 14 heavy (non-hydrogen) atoms. The second-order valence-electron chi connectivity index (χ2n) is 3.80. The number of aromatic nitrogens is 2. The van der Waals surface area contributed by atoms with Crippen LogP contribution in [-0.4, -0.2) is 15.6 Å². The quantitative estimate of drug-likeness (QED) is 0.478. The van der Waals surface area contributed by atoms with Crippen molar-refractivity contribution in [3.8, 4) is 0 Å². The SMILES string of the molecule is Cc1cn2n(c1=O)C(C)(C=O)C=CC2. The van der Waals surface area contributed by atoms with Crippen molar-refractivity contribution in [1.29, 1.82) is 0 Å². The molecule has 0 saturated carbocycles. The van der Waals surface area contributed by atoms with Crippen LogP contribution in [0.4, 0.5) is 0 Å². The Labute approximate surface area is 81.4 Å². The lowest BCUT2D eigenvalue weighted by Crippen LogP contribution is -2.43. The number of rotatable bonds is 1. The van der Waals surface area contributed by atoms with Crippen LogP contribution in [0.1, 0.15) is 12.5 Å². The molecule has 1 aliphatic heterocycles. The van der Waals surface area contributed by atoms with E-state index in [0.717, 1.165) is 6.29 Å². The van der Waals surface area contributed by atoms with E-state index in [-0.39, 0.29) is 5.56 Å². The van der Waals surface area contributed by atoms with Crippen molar-refractivity contribution in [2.45, 2.75) is 25.9 Å². The zero-order chi connectivity index (χ0) is 10.3. The Balaban J connectivity index is 2.75. The second kappa shape index (κ2) is 2.70. The Morgan fingerprint density at radius 3 is 2.93 bits per heavy atom. The van der Waals surface area contributed by atoms with E-state index >= 15 is 0 Å². The molecule has 0 aromatic carbocycles. The fourth-order valence-corrected chi connectivity index (χ4v) is 1.81. The van der Waals surface area contributed by atoms with Crippen LogP contribution < -0.4 is 5.56 Å². The third-order valence-corrected chi connectivity index (χ3v) is 2.57. The molecule has 1 aromatic rings. The highest BCUT2D eigenvalue weighted by Crippen LogP contribution is 2.17. The predicted molar refractivity (Wildman–Crippen MR) is 52.3 cm³/mol. The molecule has 0 N–H and O–H groups in total. The Kier molecular flexibility index (Phi) is 1.74. The van der Waals surface area contributed by atoms with E-state index in [1.807, 2.05) is 6.08 Å². The summed E-state index contributed by atoms with van der Waals surface area (Å²) in [5, 5.41) is 0. The van der Waals surface area contributed by atoms with Gasteiger partial charge in [0.1, 0.15) is 5.54 Å². The van der Waals surface area contributed by atoms with Crippen LogP contribution in [-0.2, 0) is 16.9 Å². The van der Waals surface area contributed by atoms with Gasteiger partial charge in [-0.3, -0.25) is 9.48 Å². The molecule has 1 aliphatic rings. The zero-order valence-electron chi connectivity index (χ0n) is 8.23. The first-order chi connectivity index (χ1) is 6.58. The molecular formula is C10H12N2O2. The Morgan fingerprint density at radius 2 is 2.29 bits per heavy atom. The molecule has 0 spiro atoms. The number of aldehydes is 1. The van der Waals surface area contributed by atoms with Gasteiger partial charge in [0.25, 0.3) is 5.56 Å². The topological polar surface area (TPSA) is 44.0 Å². The van der Waals surface area contributed by atoms with Crippen molar-refractivity contribution in [3.05, 3.63) is 34.3 Å². The summed E-state index contributed by atoms with van der Waals surface area (Å²) in [7, 11) is 0. The highest BCUT2D eigenvalue weighted by atomic mass is 16.1. The minimum atomic E-state index is -0.830. The van der Waals surface area contributed by atoms with E-state index in [1.165, 1.54) is 4.68 Å². The molecule has 0 saturated heterocycles. The van der Waals surface area contributed by atoms with Gasteiger partial charge >= 0.3 is 0 Å². The van der Waals surface area contributed by atoms with Gasteiger partial charge in [-0.1, -0.05) is 12.2 Å². The van der Waals surface area contributed by atoms with Crippen LogP contribution in [0.25, 0.3) is 0 Å². The summed E-state index contributed by atoms with van der Waals surface area (Å²) in [6.07, 6.45) is 6.22. The Bertz CT molecular complexity index is 467. The third-order valence-electron chi connectivity index (χ3n) is 2.57. The molecule has 2 rings (SSSR count). The first-order valence-electron chi connectivity index (χ1n) is 4.52. The van der Waals surface area contributed by atoms with E-state index < -0.39 is 5.54 Å². The van der Waals surface area contributed by atoms with Gasteiger partial charge in [-0.25, -0.2) is 4.68 Å². The van der Waals surface area contributed by atoms with E-state index in [1.54, 1.807) is 30.8 Å². The maximum absolute atomic E-state index is 11.7. The average molecular weight is 192 g/mol. The van der Waals surface area contributed by atoms with Crippen LogP contribution in [0.15, 0.2) is 23.1 Å². The molecular weight excluding hydrogens is 180 g/mol. The fourth-order valence-electron chi connectivity index (χ4n) is 1.81. The fraction of sp³-hybridized carbons (Fsp3) is 0.400. The smallest absolute Gasteiger partial charge is 0.270 e. The van der Waals surface area contributed by atoms with E-state index in [0.29, 0.717) is 12.1 Å². The van der Waals surface area contributed by atoms with Crippen molar-refractivity contribution in [1.82, 2.24) is 9.36 Å². The van der Waals surface area contributed by atoms with Crippen LogP contribution in [0.5, 0.6) is 0 Å². The van der Waals surface area contributed by atoms with Crippen molar-refractivity contribution >= 4 is 6.29 Å². The molecule has 0 fully saturated rings. The van der Waals surface area contributed by atoms with Gasteiger partial charge in [-0.15, -0.1) is 0 Å². The van der Waals surface area contributed by atoms with E-state index in [2.05, 4.69) is 0 Å². The van der Waals surface area contributed by atoms with Gasteiger partial charge in [0.15, 0.2) is 6.29 Å². The number of carbonyl (C=O) groups is 1. The minimum absolute atomic E-state index is 0.0936. The van der Waals surface area contributed by atoms with Crippen LogP contribution >= 0.6 is 0 Å². The van der Waals surface area contributed by atoms with Gasteiger partial charge in [-0.05, 0) is 13.8 Å². The van der Waals surface area contributed by atoms with Gasteiger partial charge < -0.3 is 4.79 Å². The summed E-state index contributed by atoms with van der Waals surface area (Å²) in [6.45, 7) is 4.13. The van der Waals surface area contributed by atoms with Gasteiger partial charge in [-0.2, -0.15) is 0 Å². The number of allylic oxidation sites excluding steroid dienone is 2. The monoisotopic (exact) mass is 192 g/mol. The number of fused-ring (bicyclic) bond motifs is 1. The van der Waals surface area contributed by atoms with E-state index in [4.69, 9.17) is 0 Å². The molecule has 0 bridgehead atoms. The standard InChI is InChI=1S/C10H12N2O2/c1-8-6-11-5-3-4-10(2,7-13)12(11)9(8)14/h3-4,6-7H,5H2,1-2H3. The molecule has 0 radical (unpaired) electrons. The van der Waals surface area contributed by atoms with Crippen LogP contribution in [0, 0.1) is 6.92 Å². The number of hydrogen-bond acceptors (Lipinski definition) is 2. The van der Waals surface area contributed by atoms with Crippen molar-refractivity contribution in [2.24, 2.45) is 0 Å². The summed E-state index contributed by atoms with van der Waals surface area (Å²) < 4.78 is 3.27. The number of nitrogens with zero attached hydrogens (tertiary/aromatic N) is 2. The third kappa shape index (κ3) is 0.999. The number of hydrogen-bond donors (Lipinski definition) is 0. The highest BCUT2D eigenvalue weighted by molar-refractivity contribution is 5.64. The average Bonchev–Trinajstić information content (AvgIpc) is 2.44. The maximum Gasteiger partial charge on any atom is 0.270 e. The summed E-state index contributed by atoms with van der Waals surface area (Å²) >= 11 is 0.